The van der Waals surface area contributed by atoms with Crippen LogP contribution in [0.1, 0.15) is 37.8 Å². The van der Waals surface area contributed by atoms with Crippen molar-refractivity contribution >= 4 is 21.6 Å². The van der Waals surface area contributed by atoms with Gasteiger partial charge in [-0.15, -0.1) is 0 Å². The van der Waals surface area contributed by atoms with Crippen LogP contribution < -0.4 is 10.5 Å². The highest BCUT2D eigenvalue weighted by molar-refractivity contribution is 7.89. The summed E-state index contributed by atoms with van der Waals surface area (Å²) < 4.78 is 28.1. The van der Waals surface area contributed by atoms with E-state index in [9.17, 15) is 13.2 Å². The molecule has 0 aliphatic heterocycles. The molecule has 0 heterocycles. The van der Waals surface area contributed by atoms with Gasteiger partial charge in [0.05, 0.1) is 4.90 Å². The van der Waals surface area contributed by atoms with Gasteiger partial charge in [-0.25, -0.2) is 13.6 Å². The van der Waals surface area contributed by atoms with E-state index in [0.29, 0.717) is 17.9 Å². The Morgan fingerprint density at radius 3 is 2.48 bits per heavy atom. The van der Waals surface area contributed by atoms with E-state index >= 15 is 0 Å². The number of primary sulfonamides is 1. The van der Waals surface area contributed by atoms with Crippen molar-refractivity contribution in [2.45, 2.75) is 38.5 Å². The average molecular weight is 314 g/mol. The number of ether oxygens (including phenoxy) is 1. The van der Waals surface area contributed by atoms with Gasteiger partial charge in [0.15, 0.2) is 0 Å². The highest BCUT2D eigenvalue weighted by Gasteiger charge is 2.18. The van der Waals surface area contributed by atoms with E-state index in [2.05, 4.69) is 5.32 Å². The lowest BCUT2D eigenvalue weighted by molar-refractivity contribution is -0.120. The fraction of sp³-hybridized carbons (Fsp3) is 0.500. The van der Waals surface area contributed by atoms with E-state index in [1.54, 1.807) is 13.8 Å². The topological polar surface area (TPSA) is 98.5 Å². The van der Waals surface area contributed by atoms with Gasteiger partial charge in [0.25, 0.3) is 0 Å². The van der Waals surface area contributed by atoms with Gasteiger partial charge >= 0.3 is 0 Å². The van der Waals surface area contributed by atoms with Crippen LogP contribution >= 0.6 is 0 Å². The Balaban J connectivity index is 3.23. The summed E-state index contributed by atoms with van der Waals surface area (Å²) in [5, 5.41) is 7.95. The van der Waals surface area contributed by atoms with Crippen molar-refractivity contribution in [2.75, 3.05) is 18.5 Å². The molecule has 0 atom stereocenters. The Morgan fingerprint density at radius 2 is 2.00 bits per heavy atom. The van der Waals surface area contributed by atoms with Crippen molar-refractivity contribution in [1.29, 1.82) is 0 Å². The first-order chi connectivity index (χ1) is 9.66. The lowest BCUT2D eigenvalue weighted by Gasteiger charge is -2.18. The Morgan fingerprint density at radius 1 is 1.38 bits per heavy atom. The summed E-state index contributed by atoms with van der Waals surface area (Å²) in [5.41, 5.74) is 1.99. The Labute approximate surface area is 125 Å². The summed E-state index contributed by atoms with van der Waals surface area (Å²) in [7, 11) is -3.78. The van der Waals surface area contributed by atoms with Crippen molar-refractivity contribution in [3.05, 3.63) is 23.3 Å². The molecule has 3 N–H and O–H groups in total. The summed E-state index contributed by atoms with van der Waals surface area (Å²) >= 11 is 0. The highest BCUT2D eigenvalue weighted by atomic mass is 32.2. The van der Waals surface area contributed by atoms with Crippen molar-refractivity contribution in [3.8, 4) is 0 Å². The molecule has 7 heteroatoms. The summed E-state index contributed by atoms with van der Waals surface area (Å²) in [6.45, 7) is 7.79. The van der Waals surface area contributed by atoms with Crippen LogP contribution in [-0.4, -0.2) is 27.5 Å². The zero-order valence-corrected chi connectivity index (χ0v) is 13.6. The minimum atomic E-state index is -3.78. The third-order valence-electron chi connectivity index (χ3n) is 2.99. The molecule has 1 amide bonds. The van der Waals surface area contributed by atoms with Gasteiger partial charge in [-0.2, -0.15) is 0 Å². The van der Waals surface area contributed by atoms with Crippen molar-refractivity contribution in [1.82, 2.24) is 0 Å². The fourth-order valence-corrected chi connectivity index (χ4v) is 2.57. The number of carbonyl (C=O) groups is 1. The zero-order chi connectivity index (χ0) is 16.2. The molecule has 6 nitrogen and oxygen atoms in total. The molecule has 0 saturated heterocycles. The Kier molecular flexibility index (Phi) is 5.88. The number of hydrogen-bond donors (Lipinski definition) is 2. The van der Waals surface area contributed by atoms with Gasteiger partial charge in [-0.3, -0.25) is 4.79 Å². The van der Waals surface area contributed by atoms with Crippen LogP contribution in [0.2, 0.25) is 0 Å². The van der Waals surface area contributed by atoms with E-state index in [1.165, 1.54) is 12.1 Å². The summed E-state index contributed by atoms with van der Waals surface area (Å²) in [6, 6.07) is 2.96. The third-order valence-corrected chi connectivity index (χ3v) is 3.88. The molecule has 0 saturated carbocycles. The Hall–Kier alpha value is -1.44. The van der Waals surface area contributed by atoms with Crippen LogP contribution in [0.3, 0.4) is 0 Å². The molecule has 21 heavy (non-hydrogen) atoms. The number of benzene rings is 1. The summed E-state index contributed by atoms with van der Waals surface area (Å²) in [4.78, 5) is 11.8. The predicted octanol–water partition coefficient (Wildman–Crippen LogP) is 1.74. The number of nitrogens with two attached hydrogens (primary N) is 1. The lowest BCUT2D eigenvalue weighted by atomic mass is 9.98. The van der Waals surface area contributed by atoms with E-state index in [4.69, 9.17) is 9.88 Å². The van der Waals surface area contributed by atoms with Gasteiger partial charge in [0.2, 0.25) is 15.9 Å². The van der Waals surface area contributed by atoms with Gasteiger partial charge < -0.3 is 10.1 Å². The Bertz CT molecular complexity index is 624. The number of aryl methyl sites for hydroxylation is 1. The number of nitrogens with one attached hydrogen (secondary N) is 1. The quantitative estimate of drug-likeness (QED) is 0.835. The molecule has 0 radical (unpaired) electrons. The highest BCUT2D eigenvalue weighted by Crippen LogP contribution is 2.30. The minimum Gasteiger partial charge on any atom is -0.372 e. The van der Waals surface area contributed by atoms with Crippen LogP contribution in [0.15, 0.2) is 17.0 Å². The molecule has 0 aliphatic rings. The van der Waals surface area contributed by atoms with Gasteiger partial charge in [-0.05, 0) is 43.0 Å². The lowest BCUT2D eigenvalue weighted by Crippen LogP contribution is -2.21. The molecule has 0 aliphatic carbocycles. The molecule has 0 unspecified atom stereocenters. The molecule has 1 aromatic rings. The van der Waals surface area contributed by atoms with E-state index in [0.717, 1.165) is 5.56 Å². The number of sulfonamides is 1. The molecule has 118 valence electrons. The van der Waals surface area contributed by atoms with Crippen molar-refractivity contribution in [2.24, 2.45) is 5.14 Å². The smallest absolute Gasteiger partial charge is 0.250 e. The van der Waals surface area contributed by atoms with Gasteiger partial charge in [0.1, 0.15) is 6.61 Å². The third kappa shape index (κ3) is 4.80. The number of anilines is 1. The number of amides is 1. The van der Waals surface area contributed by atoms with Gasteiger partial charge in [0, 0.05) is 12.3 Å². The maximum absolute atomic E-state index is 11.8. The second-order valence-electron chi connectivity index (χ2n) is 5.09. The van der Waals surface area contributed by atoms with Crippen LogP contribution in [0, 0.1) is 6.92 Å². The molecule has 0 spiro atoms. The van der Waals surface area contributed by atoms with Crippen LogP contribution in [-0.2, 0) is 19.6 Å². The first-order valence-electron chi connectivity index (χ1n) is 6.71. The SMILES string of the molecule is CCOCC(=O)Nc1c(C)cc(S(N)(=O)=O)cc1C(C)C. The van der Waals surface area contributed by atoms with Crippen molar-refractivity contribution in [3.63, 3.8) is 0 Å². The second kappa shape index (κ2) is 7.02. The zero-order valence-electron chi connectivity index (χ0n) is 12.8. The second-order valence-corrected chi connectivity index (χ2v) is 6.65. The molecular formula is C14H22N2O4S. The first-order valence-corrected chi connectivity index (χ1v) is 8.26. The minimum absolute atomic E-state index is 0.0350. The summed E-state index contributed by atoms with van der Waals surface area (Å²) in [6.07, 6.45) is 0. The fourth-order valence-electron chi connectivity index (χ4n) is 1.94. The number of hydrogen-bond acceptors (Lipinski definition) is 4. The van der Waals surface area contributed by atoms with Crippen LogP contribution in [0.4, 0.5) is 5.69 Å². The maximum atomic E-state index is 11.8. The average Bonchev–Trinajstić information content (AvgIpc) is 2.36. The molecular weight excluding hydrogens is 292 g/mol. The van der Waals surface area contributed by atoms with E-state index < -0.39 is 10.0 Å². The number of carbonyl (C=O) groups excluding carboxylic acids is 1. The van der Waals surface area contributed by atoms with Crippen molar-refractivity contribution < 1.29 is 17.9 Å². The predicted molar refractivity (Wildman–Crippen MR) is 81.8 cm³/mol. The van der Waals surface area contributed by atoms with E-state index in [-0.39, 0.29) is 23.3 Å². The molecule has 1 aromatic carbocycles. The molecule has 0 aromatic heterocycles. The molecule has 0 fully saturated rings. The van der Waals surface area contributed by atoms with Crippen LogP contribution in [0.25, 0.3) is 0 Å². The number of rotatable bonds is 6. The van der Waals surface area contributed by atoms with Crippen LogP contribution in [0.5, 0.6) is 0 Å². The standard InChI is InChI=1S/C14H22N2O4S/c1-5-20-8-13(17)16-14-10(4)6-11(21(15,18)19)7-12(14)9(2)3/h6-7,9H,5,8H2,1-4H3,(H,16,17)(H2,15,18,19). The normalized spacial score (nSPS) is 11.7. The maximum Gasteiger partial charge on any atom is 0.250 e. The molecule has 1 rings (SSSR count). The van der Waals surface area contributed by atoms with E-state index in [1.807, 2.05) is 13.8 Å². The van der Waals surface area contributed by atoms with Gasteiger partial charge in [-0.1, -0.05) is 13.8 Å². The largest absolute Gasteiger partial charge is 0.372 e. The monoisotopic (exact) mass is 314 g/mol. The molecule has 0 bridgehead atoms. The first kappa shape index (κ1) is 17.6. The summed E-state index contributed by atoms with van der Waals surface area (Å²) in [5.74, 6) is -0.238.